The molecule has 1 unspecified atom stereocenters. The molecule has 0 saturated carbocycles. The third-order valence-electron chi connectivity index (χ3n) is 3.43. The van der Waals surface area contributed by atoms with Crippen molar-refractivity contribution in [3.63, 3.8) is 0 Å². The highest BCUT2D eigenvalue weighted by atomic mass is 35.5. The van der Waals surface area contributed by atoms with Crippen molar-refractivity contribution in [1.82, 2.24) is 0 Å². The molecule has 2 aromatic rings. The third kappa shape index (κ3) is 3.00. The molecular formula is C16H16ClF2N. The van der Waals surface area contributed by atoms with Crippen LogP contribution in [0, 0.1) is 25.5 Å². The summed E-state index contributed by atoms with van der Waals surface area (Å²) in [5.41, 5.74) is 8.81. The van der Waals surface area contributed by atoms with Gasteiger partial charge in [-0.15, -0.1) is 0 Å². The number of nitrogens with two attached hydrogens (primary N) is 1. The molecular weight excluding hydrogens is 280 g/mol. The van der Waals surface area contributed by atoms with E-state index in [4.69, 9.17) is 17.3 Å². The molecule has 0 spiro atoms. The van der Waals surface area contributed by atoms with Gasteiger partial charge in [0.25, 0.3) is 0 Å². The summed E-state index contributed by atoms with van der Waals surface area (Å²) >= 11 is 6.04. The predicted molar refractivity (Wildman–Crippen MR) is 77.9 cm³/mol. The van der Waals surface area contributed by atoms with Crippen molar-refractivity contribution in [2.24, 2.45) is 5.73 Å². The topological polar surface area (TPSA) is 26.0 Å². The molecule has 106 valence electrons. The maximum absolute atomic E-state index is 13.7. The highest BCUT2D eigenvalue weighted by molar-refractivity contribution is 6.31. The van der Waals surface area contributed by atoms with E-state index in [1.165, 1.54) is 18.2 Å². The van der Waals surface area contributed by atoms with Crippen LogP contribution in [0.1, 0.15) is 28.3 Å². The fourth-order valence-corrected chi connectivity index (χ4v) is 2.48. The molecule has 2 rings (SSSR count). The van der Waals surface area contributed by atoms with E-state index in [0.29, 0.717) is 5.02 Å². The van der Waals surface area contributed by atoms with E-state index in [9.17, 15) is 8.78 Å². The molecule has 0 radical (unpaired) electrons. The van der Waals surface area contributed by atoms with Gasteiger partial charge in [0.15, 0.2) is 0 Å². The smallest absolute Gasteiger partial charge is 0.129 e. The molecule has 0 aliphatic carbocycles. The Morgan fingerprint density at radius 3 is 2.30 bits per heavy atom. The van der Waals surface area contributed by atoms with E-state index in [2.05, 4.69) is 0 Å². The molecule has 20 heavy (non-hydrogen) atoms. The second-order valence-electron chi connectivity index (χ2n) is 4.97. The molecule has 0 saturated heterocycles. The van der Waals surface area contributed by atoms with E-state index in [0.717, 1.165) is 16.7 Å². The number of rotatable bonds is 3. The first-order valence-corrected chi connectivity index (χ1v) is 6.73. The molecule has 0 aliphatic heterocycles. The Kier molecular flexibility index (Phi) is 4.41. The molecule has 2 N–H and O–H groups in total. The summed E-state index contributed by atoms with van der Waals surface area (Å²) in [6, 6.07) is 7.05. The second kappa shape index (κ2) is 5.90. The fraction of sp³-hybridized carbons (Fsp3) is 0.250. The Morgan fingerprint density at radius 1 is 1.10 bits per heavy atom. The van der Waals surface area contributed by atoms with Crippen molar-refractivity contribution in [2.45, 2.75) is 26.3 Å². The lowest BCUT2D eigenvalue weighted by molar-refractivity contribution is 0.539. The van der Waals surface area contributed by atoms with Crippen molar-refractivity contribution >= 4 is 11.6 Å². The zero-order chi connectivity index (χ0) is 14.9. The summed E-state index contributed by atoms with van der Waals surface area (Å²) in [6.07, 6.45) is 0.112. The minimum absolute atomic E-state index is 0.0204. The van der Waals surface area contributed by atoms with Crippen LogP contribution in [-0.4, -0.2) is 0 Å². The molecule has 0 fully saturated rings. The highest BCUT2D eigenvalue weighted by Crippen LogP contribution is 2.27. The first kappa shape index (κ1) is 14.9. The van der Waals surface area contributed by atoms with Gasteiger partial charge in [-0.05, 0) is 55.2 Å². The van der Waals surface area contributed by atoms with E-state index in [-0.39, 0.29) is 12.0 Å². The van der Waals surface area contributed by atoms with Gasteiger partial charge in [-0.25, -0.2) is 8.78 Å². The number of halogens is 3. The van der Waals surface area contributed by atoms with Gasteiger partial charge < -0.3 is 5.73 Å². The van der Waals surface area contributed by atoms with Gasteiger partial charge in [-0.1, -0.05) is 23.7 Å². The van der Waals surface area contributed by atoms with Crippen LogP contribution in [0.25, 0.3) is 0 Å². The van der Waals surface area contributed by atoms with Crippen LogP contribution in [0.2, 0.25) is 5.02 Å². The molecule has 0 amide bonds. The van der Waals surface area contributed by atoms with Gasteiger partial charge >= 0.3 is 0 Å². The Labute approximate surface area is 122 Å². The summed E-state index contributed by atoms with van der Waals surface area (Å²) < 4.78 is 27.3. The molecule has 0 heterocycles. The summed E-state index contributed by atoms with van der Waals surface area (Å²) in [5, 5.41) is 0.663. The van der Waals surface area contributed by atoms with Crippen LogP contribution in [0.5, 0.6) is 0 Å². The molecule has 0 bridgehead atoms. The average molecular weight is 296 g/mol. The third-order valence-corrected chi connectivity index (χ3v) is 3.84. The van der Waals surface area contributed by atoms with Gasteiger partial charge in [-0.2, -0.15) is 0 Å². The highest BCUT2D eigenvalue weighted by Gasteiger charge is 2.16. The summed E-state index contributed by atoms with van der Waals surface area (Å²) in [7, 11) is 0. The van der Waals surface area contributed by atoms with Gasteiger partial charge in [0.1, 0.15) is 11.6 Å². The number of hydrogen-bond acceptors (Lipinski definition) is 1. The Balaban J connectivity index is 2.33. The van der Waals surface area contributed by atoms with Gasteiger partial charge in [0, 0.05) is 16.6 Å². The molecule has 4 heteroatoms. The number of hydrogen-bond donors (Lipinski definition) is 1. The van der Waals surface area contributed by atoms with E-state index >= 15 is 0 Å². The van der Waals surface area contributed by atoms with Crippen LogP contribution in [0.3, 0.4) is 0 Å². The summed E-state index contributed by atoms with van der Waals surface area (Å²) in [5.74, 6) is -1.13. The lowest BCUT2D eigenvalue weighted by Crippen LogP contribution is -2.16. The van der Waals surface area contributed by atoms with Crippen LogP contribution in [-0.2, 0) is 6.42 Å². The standard InChI is InChI=1S/C16H16ClF2N/c1-9-7-13(17)10(2)6-11(9)16(20)8-12-14(18)4-3-5-15(12)19/h3-7,16H,8,20H2,1-2H3. The largest absolute Gasteiger partial charge is 0.324 e. The molecule has 2 aromatic carbocycles. The average Bonchev–Trinajstić information content (AvgIpc) is 2.38. The zero-order valence-corrected chi connectivity index (χ0v) is 12.1. The van der Waals surface area contributed by atoms with Crippen molar-refractivity contribution in [2.75, 3.05) is 0 Å². The molecule has 0 aliphatic rings. The van der Waals surface area contributed by atoms with Crippen LogP contribution in [0.4, 0.5) is 8.78 Å². The Morgan fingerprint density at radius 2 is 1.70 bits per heavy atom. The van der Waals surface area contributed by atoms with Crippen molar-refractivity contribution in [1.29, 1.82) is 0 Å². The lowest BCUT2D eigenvalue weighted by atomic mass is 9.94. The van der Waals surface area contributed by atoms with E-state index in [1.54, 1.807) is 0 Å². The first-order valence-electron chi connectivity index (χ1n) is 6.35. The Hall–Kier alpha value is -1.45. The molecule has 1 atom stereocenters. The van der Waals surface area contributed by atoms with Crippen LogP contribution in [0.15, 0.2) is 30.3 Å². The summed E-state index contributed by atoms with van der Waals surface area (Å²) in [6.45, 7) is 3.76. The lowest BCUT2D eigenvalue weighted by Gasteiger charge is -2.17. The van der Waals surface area contributed by atoms with Crippen LogP contribution < -0.4 is 5.73 Å². The molecule has 1 nitrogen and oxygen atoms in total. The minimum atomic E-state index is -0.566. The van der Waals surface area contributed by atoms with Crippen LogP contribution >= 0.6 is 11.6 Å². The maximum atomic E-state index is 13.7. The van der Waals surface area contributed by atoms with E-state index in [1.807, 2.05) is 26.0 Å². The van der Waals surface area contributed by atoms with Gasteiger partial charge in [0.05, 0.1) is 0 Å². The second-order valence-corrected chi connectivity index (χ2v) is 5.38. The minimum Gasteiger partial charge on any atom is -0.324 e. The predicted octanol–water partition coefficient (Wildman–Crippen LogP) is 4.48. The number of benzene rings is 2. The summed E-state index contributed by atoms with van der Waals surface area (Å²) in [4.78, 5) is 0. The van der Waals surface area contributed by atoms with Crippen molar-refractivity contribution in [3.8, 4) is 0 Å². The van der Waals surface area contributed by atoms with E-state index < -0.39 is 17.7 Å². The normalized spacial score (nSPS) is 12.5. The zero-order valence-electron chi connectivity index (χ0n) is 11.4. The van der Waals surface area contributed by atoms with Crippen molar-refractivity contribution < 1.29 is 8.78 Å². The maximum Gasteiger partial charge on any atom is 0.129 e. The van der Waals surface area contributed by atoms with Crippen molar-refractivity contribution in [3.05, 3.63) is 69.2 Å². The fourth-order valence-electron chi connectivity index (χ4n) is 2.26. The monoisotopic (exact) mass is 295 g/mol. The first-order chi connectivity index (χ1) is 9.40. The molecule has 0 aromatic heterocycles. The number of aryl methyl sites for hydroxylation is 2. The van der Waals surface area contributed by atoms with Gasteiger partial charge in [-0.3, -0.25) is 0 Å². The Bertz CT molecular complexity index is 620. The SMILES string of the molecule is Cc1cc(C(N)Cc2c(F)cccc2F)c(C)cc1Cl. The quantitative estimate of drug-likeness (QED) is 0.888. The van der Waals surface area contributed by atoms with Gasteiger partial charge in [0.2, 0.25) is 0 Å².